The van der Waals surface area contributed by atoms with Crippen molar-refractivity contribution in [3.8, 4) is 0 Å². The van der Waals surface area contributed by atoms with Gasteiger partial charge in [-0.15, -0.1) is 0 Å². The first-order valence-electron chi connectivity index (χ1n) is 10.7. The lowest BCUT2D eigenvalue weighted by Gasteiger charge is -2.26. The summed E-state index contributed by atoms with van der Waals surface area (Å²) in [6.07, 6.45) is 5.10. The maximum Gasteiger partial charge on any atom is 0.256 e. The monoisotopic (exact) mass is 433 g/mol. The molecule has 0 saturated carbocycles. The van der Waals surface area contributed by atoms with E-state index in [1.54, 1.807) is 18.3 Å². The number of hydrogen-bond acceptors (Lipinski definition) is 4. The maximum atomic E-state index is 13.1. The Labute approximate surface area is 178 Å². The highest BCUT2D eigenvalue weighted by Crippen LogP contribution is 2.23. The minimum atomic E-state index is -3.66. The number of aromatic nitrogens is 1. The van der Waals surface area contributed by atoms with E-state index in [2.05, 4.69) is 19.2 Å². The van der Waals surface area contributed by atoms with E-state index in [1.807, 2.05) is 11.5 Å². The van der Waals surface area contributed by atoms with Gasteiger partial charge in [-0.3, -0.25) is 9.59 Å². The molecule has 0 spiro atoms. The van der Waals surface area contributed by atoms with Gasteiger partial charge in [0, 0.05) is 37.8 Å². The van der Waals surface area contributed by atoms with Crippen LogP contribution < -0.4 is 10.7 Å². The van der Waals surface area contributed by atoms with E-state index in [1.165, 1.54) is 10.4 Å². The van der Waals surface area contributed by atoms with E-state index in [0.29, 0.717) is 37.6 Å². The zero-order chi connectivity index (χ0) is 21.9. The van der Waals surface area contributed by atoms with E-state index in [0.717, 1.165) is 25.7 Å². The van der Waals surface area contributed by atoms with Gasteiger partial charge in [-0.2, -0.15) is 4.31 Å². The first-order valence-corrected chi connectivity index (χ1v) is 12.1. The van der Waals surface area contributed by atoms with Crippen LogP contribution in [0, 0.1) is 5.92 Å². The third kappa shape index (κ3) is 4.59. The molecule has 2 aromatic rings. The fraction of sp³-hybridized carbons (Fsp3) is 0.545. The predicted octanol–water partition coefficient (Wildman–Crippen LogP) is 2.97. The summed E-state index contributed by atoms with van der Waals surface area (Å²) in [5.74, 6) is 0.0193. The summed E-state index contributed by atoms with van der Waals surface area (Å²) in [5, 5.41) is 3.06. The van der Waals surface area contributed by atoms with Crippen molar-refractivity contribution < 1.29 is 13.2 Å². The summed E-state index contributed by atoms with van der Waals surface area (Å²) in [6.45, 7) is 8.09. The molecule has 3 rings (SSSR count). The molecule has 0 unspecified atom stereocenters. The largest absolute Gasteiger partial charge is 0.352 e. The van der Waals surface area contributed by atoms with Crippen molar-refractivity contribution >= 4 is 26.8 Å². The molecule has 1 fully saturated rings. The molecule has 1 N–H and O–H groups in total. The molecule has 0 bridgehead atoms. The maximum absolute atomic E-state index is 13.1. The number of nitrogens with one attached hydrogen (secondary N) is 1. The number of carbonyl (C=O) groups is 1. The number of benzene rings is 1. The number of sulfonamides is 1. The predicted molar refractivity (Wildman–Crippen MR) is 118 cm³/mol. The van der Waals surface area contributed by atoms with E-state index >= 15 is 0 Å². The molecular weight excluding hydrogens is 402 g/mol. The number of amides is 1. The first kappa shape index (κ1) is 22.5. The molecule has 164 valence electrons. The number of nitrogens with zero attached hydrogens (tertiary/aromatic N) is 2. The number of aryl methyl sites for hydroxylation is 1. The van der Waals surface area contributed by atoms with E-state index in [4.69, 9.17) is 0 Å². The number of rotatable bonds is 7. The summed E-state index contributed by atoms with van der Waals surface area (Å²) in [6, 6.07) is 4.65. The minimum Gasteiger partial charge on any atom is -0.352 e. The Hall–Kier alpha value is -2.19. The Bertz CT molecular complexity index is 1080. The van der Waals surface area contributed by atoms with Crippen molar-refractivity contribution in [1.82, 2.24) is 14.2 Å². The fourth-order valence-corrected chi connectivity index (χ4v) is 5.33. The lowest BCUT2D eigenvalue weighted by Crippen LogP contribution is -2.35. The fourth-order valence-electron chi connectivity index (χ4n) is 3.78. The molecule has 30 heavy (non-hydrogen) atoms. The molecule has 1 aromatic carbocycles. The van der Waals surface area contributed by atoms with Crippen LogP contribution >= 0.6 is 0 Å². The van der Waals surface area contributed by atoms with Gasteiger partial charge in [0.2, 0.25) is 15.5 Å². The second-order valence-corrected chi connectivity index (χ2v) is 10.2. The van der Waals surface area contributed by atoms with Gasteiger partial charge >= 0.3 is 0 Å². The van der Waals surface area contributed by atoms with Gasteiger partial charge in [-0.1, -0.05) is 20.3 Å². The Morgan fingerprint density at radius 3 is 2.50 bits per heavy atom. The minimum absolute atomic E-state index is 0.0422. The lowest BCUT2D eigenvalue weighted by atomic mass is 10.1. The van der Waals surface area contributed by atoms with Crippen LogP contribution in [0.1, 0.15) is 56.8 Å². The topological polar surface area (TPSA) is 88.5 Å². The van der Waals surface area contributed by atoms with Gasteiger partial charge in [-0.25, -0.2) is 8.42 Å². The van der Waals surface area contributed by atoms with Crippen LogP contribution in [0.5, 0.6) is 0 Å². The molecule has 2 heterocycles. The molecule has 7 nitrogen and oxygen atoms in total. The molecule has 0 aliphatic carbocycles. The Morgan fingerprint density at radius 1 is 1.17 bits per heavy atom. The molecule has 1 aliphatic rings. The van der Waals surface area contributed by atoms with Crippen LogP contribution in [0.2, 0.25) is 0 Å². The zero-order valence-corrected chi connectivity index (χ0v) is 18.8. The molecule has 1 aliphatic heterocycles. The standard InChI is InChI=1S/C22H31N3O4S/c1-4-24-15-19(22(27)23-11-10-16(2)3)21(26)18-14-17(8-9-20(18)24)30(28,29)25-12-6-5-7-13-25/h8-9,14-16H,4-7,10-13H2,1-3H3,(H,23,27). The molecule has 1 amide bonds. The van der Waals surface area contributed by atoms with Crippen molar-refractivity contribution in [3.63, 3.8) is 0 Å². The van der Waals surface area contributed by atoms with Gasteiger partial charge in [0.15, 0.2) is 0 Å². The van der Waals surface area contributed by atoms with Crippen molar-refractivity contribution in [2.75, 3.05) is 19.6 Å². The van der Waals surface area contributed by atoms with Crippen molar-refractivity contribution in [2.45, 2.75) is 57.9 Å². The summed E-state index contributed by atoms with van der Waals surface area (Å²) in [7, 11) is -3.66. The Balaban J connectivity index is 2.04. The number of hydrogen-bond donors (Lipinski definition) is 1. The van der Waals surface area contributed by atoms with Crippen LogP contribution in [-0.4, -0.2) is 42.8 Å². The number of fused-ring (bicyclic) bond motifs is 1. The van der Waals surface area contributed by atoms with Crippen LogP contribution in [0.3, 0.4) is 0 Å². The molecule has 0 atom stereocenters. The van der Waals surface area contributed by atoms with Crippen LogP contribution in [0.15, 0.2) is 34.1 Å². The van der Waals surface area contributed by atoms with Crippen molar-refractivity contribution in [3.05, 3.63) is 40.2 Å². The highest BCUT2D eigenvalue weighted by molar-refractivity contribution is 7.89. The van der Waals surface area contributed by atoms with Crippen molar-refractivity contribution in [1.29, 1.82) is 0 Å². The molecule has 1 saturated heterocycles. The van der Waals surface area contributed by atoms with Gasteiger partial charge in [0.1, 0.15) is 5.56 Å². The zero-order valence-electron chi connectivity index (χ0n) is 18.0. The molecular formula is C22H31N3O4S. The number of pyridine rings is 1. The summed E-state index contributed by atoms with van der Waals surface area (Å²) in [4.78, 5) is 25.9. The van der Waals surface area contributed by atoms with Gasteiger partial charge < -0.3 is 9.88 Å². The third-order valence-corrected chi connectivity index (χ3v) is 7.49. The van der Waals surface area contributed by atoms with E-state index in [-0.39, 0.29) is 15.8 Å². The number of piperidine rings is 1. The summed E-state index contributed by atoms with van der Waals surface area (Å²) in [5.41, 5.74) is 0.229. The SMILES string of the molecule is CCn1cc(C(=O)NCCC(C)C)c(=O)c2cc(S(=O)(=O)N3CCCCC3)ccc21. The Morgan fingerprint density at radius 2 is 1.87 bits per heavy atom. The smallest absolute Gasteiger partial charge is 0.256 e. The van der Waals surface area contributed by atoms with Crippen LogP contribution in [0.4, 0.5) is 0 Å². The molecule has 1 aromatic heterocycles. The van der Waals surface area contributed by atoms with Gasteiger partial charge in [0.05, 0.1) is 10.4 Å². The second-order valence-electron chi connectivity index (χ2n) is 8.24. The van der Waals surface area contributed by atoms with Crippen LogP contribution in [0.25, 0.3) is 10.9 Å². The van der Waals surface area contributed by atoms with Crippen molar-refractivity contribution in [2.24, 2.45) is 5.92 Å². The first-order chi connectivity index (χ1) is 14.3. The Kier molecular flexibility index (Phi) is 6.98. The highest BCUT2D eigenvalue weighted by Gasteiger charge is 2.27. The normalized spacial score (nSPS) is 15.6. The lowest BCUT2D eigenvalue weighted by molar-refractivity contribution is 0.0950. The highest BCUT2D eigenvalue weighted by atomic mass is 32.2. The van der Waals surface area contributed by atoms with E-state index in [9.17, 15) is 18.0 Å². The van der Waals surface area contributed by atoms with Gasteiger partial charge in [-0.05, 0) is 50.3 Å². The second kappa shape index (κ2) is 9.31. The number of carbonyl (C=O) groups excluding carboxylic acids is 1. The van der Waals surface area contributed by atoms with Gasteiger partial charge in [0.25, 0.3) is 5.91 Å². The van der Waals surface area contributed by atoms with Crippen LogP contribution in [-0.2, 0) is 16.6 Å². The van der Waals surface area contributed by atoms with E-state index < -0.39 is 21.4 Å². The summed E-state index contributed by atoms with van der Waals surface area (Å²) >= 11 is 0. The quantitative estimate of drug-likeness (QED) is 0.727. The molecule has 0 radical (unpaired) electrons. The molecule has 8 heteroatoms. The summed E-state index contributed by atoms with van der Waals surface area (Å²) < 4.78 is 29.4. The third-order valence-electron chi connectivity index (χ3n) is 5.60. The average molecular weight is 434 g/mol. The average Bonchev–Trinajstić information content (AvgIpc) is 2.74.